The first-order valence-corrected chi connectivity index (χ1v) is 12.3. The highest BCUT2D eigenvalue weighted by Gasteiger charge is 2.30. The van der Waals surface area contributed by atoms with Gasteiger partial charge in [-0.2, -0.15) is 13.2 Å². The Kier molecular flexibility index (Phi) is 9.01. The Morgan fingerprint density at radius 3 is 2.37 bits per heavy atom. The van der Waals surface area contributed by atoms with E-state index in [-0.39, 0.29) is 30.7 Å². The molecule has 0 saturated carbocycles. The Bertz CT molecular complexity index is 1150. The molecule has 208 valence electrons. The van der Waals surface area contributed by atoms with E-state index in [9.17, 15) is 22.8 Å². The first-order valence-electron chi connectivity index (χ1n) is 12.3. The van der Waals surface area contributed by atoms with Crippen LogP contribution in [0.15, 0.2) is 36.4 Å². The molecule has 0 unspecified atom stereocenters. The summed E-state index contributed by atoms with van der Waals surface area (Å²) in [6.45, 7) is 6.46. The number of rotatable bonds is 10. The van der Waals surface area contributed by atoms with Crippen LogP contribution in [0, 0.1) is 0 Å². The van der Waals surface area contributed by atoms with Gasteiger partial charge >= 0.3 is 12.3 Å². The lowest BCUT2D eigenvalue weighted by Gasteiger charge is -2.32. The van der Waals surface area contributed by atoms with Crippen LogP contribution in [0.5, 0.6) is 11.5 Å². The smallest absolute Gasteiger partial charge is 0.422 e. The van der Waals surface area contributed by atoms with E-state index in [1.807, 2.05) is 13.0 Å². The number of nitrogens with zero attached hydrogens (tertiary/aromatic N) is 1. The van der Waals surface area contributed by atoms with Crippen molar-refractivity contribution in [3.05, 3.63) is 53.1 Å². The first kappa shape index (κ1) is 28.9. The first-order chi connectivity index (χ1) is 17.7. The molecule has 0 fully saturated rings. The lowest BCUT2D eigenvalue weighted by atomic mass is 9.98. The van der Waals surface area contributed by atoms with Crippen LogP contribution < -0.4 is 20.5 Å². The van der Waals surface area contributed by atoms with Gasteiger partial charge in [0.2, 0.25) is 0 Å². The molecule has 8 nitrogen and oxygen atoms in total. The van der Waals surface area contributed by atoms with Crippen molar-refractivity contribution in [1.29, 1.82) is 0 Å². The van der Waals surface area contributed by atoms with Crippen molar-refractivity contribution < 1.29 is 37.0 Å². The second-order valence-electron chi connectivity index (χ2n) is 10.1. The summed E-state index contributed by atoms with van der Waals surface area (Å²) in [7, 11) is 0. The second kappa shape index (κ2) is 11.8. The molecule has 0 radical (unpaired) electrons. The van der Waals surface area contributed by atoms with E-state index in [0.29, 0.717) is 18.5 Å². The highest BCUT2D eigenvalue weighted by molar-refractivity contribution is 6.00. The summed E-state index contributed by atoms with van der Waals surface area (Å²) in [5.74, 6) is -0.452. The van der Waals surface area contributed by atoms with Crippen LogP contribution in [0.25, 0.3) is 0 Å². The minimum absolute atomic E-state index is 0.0172. The number of carbonyl (C=O) groups excluding carboxylic acids is 2. The lowest BCUT2D eigenvalue weighted by molar-refractivity contribution is -0.153. The number of hydrogen-bond donors (Lipinski definition) is 2. The van der Waals surface area contributed by atoms with Crippen molar-refractivity contribution in [3.63, 3.8) is 0 Å². The van der Waals surface area contributed by atoms with Crippen molar-refractivity contribution >= 4 is 17.7 Å². The van der Waals surface area contributed by atoms with E-state index in [0.717, 1.165) is 23.2 Å². The largest absolute Gasteiger partial charge is 0.488 e. The van der Waals surface area contributed by atoms with Crippen molar-refractivity contribution in [3.8, 4) is 11.5 Å². The molecule has 1 aliphatic rings. The number of halogens is 3. The maximum Gasteiger partial charge on any atom is 0.422 e. The van der Waals surface area contributed by atoms with Crippen molar-refractivity contribution in [1.82, 2.24) is 4.90 Å². The number of ether oxygens (including phenoxy) is 3. The quantitative estimate of drug-likeness (QED) is 0.445. The lowest BCUT2D eigenvalue weighted by Crippen LogP contribution is -2.45. The minimum atomic E-state index is -4.49. The maximum atomic E-state index is 13.1. The normalized spacial score (nSPS) is 13.8. The minimum Gasteiger partial charge on any atom is -0.488 e. The third-order valence-corrected chi connectivity index (χ3v) is 5.76. The third kappa shape index (κ3) is 8.19. The molecule has 2 aromatic carbocycles. The molecule has 11 heteroatoms. The highest BCUT2D eigenvalue weighted by Crippen LogP contribution is 2.30. The number of carbonyl (C=O) groups is 2. The summed E-state index contributed by atoms with van der Waals surface area (Å²) >= 11 is 0. The van der Waals surface area contributed by atoms with Crippen molar-refractivity contribution in [2.24, 2.45) is 5.73 Å². The molecule has 0 bridgehead atoms. The molecule has 2 amide bonds. The van der Waals surface area contributed by atoms with Crippen LogP contribution >= 0.6 is 0 Å². The number of anilines is 1. The standard InChI is InChI=1S/C27H34F3N3O5/c1-17(13-18-14-19-9-10-32-23(19)20(15-18)24(31)34)33(25(35)38-26(2,3)4)11-12-36-21-7-5-6-8-22(21)37-16-27(28,29)30/h5-8,14-15,17,32H,9-13,16H2,1-4H3,(H2,31,34)/t17-/m1/s1. The highest BCUT2D eigenvalue weighted by atomic mass is 19.4. The van der Waals surface area contributed by atoms with Gasteiger partial charge in [0.05, 0.1) is 17.8 Å². The van der Waals surface area contributed by atoms with Gasteiger partial charge in [-0.1, -0.05) is 18.2 Å². The number of amides is 2. The summed E-state index contributed by atoms with van der Waals surface area (Å²) in [5, 5.41) is 3.19. The van der Waals surface area contributed by atoms with E-state index in [2.05, 4.69) is 5.32 Å². The van der Waals surface area contributed by atoms with Crippen LogP contribution in [0.2, 0.25) is 0 Å². The SMILES string of the molecule is C[C@H](Cc1cc2c(c(C(N)=O)c1)NCC2)N(CCOc1ccccc1OCC(F)(F)F)C(=O)OC(C)(C)C. The number of primary amides is 1. The zero-order chi connectivity index (χ0) is 28.1. The van der Waals surface area contributed by atoms with Gasteiger partial charge in [0.15, 0.2) is 18.1 Å². The maximum absolute atomic E-state index is 13.1. The summed E-state index contributed by atoms with van der Waals surface area (Å²) in [4.78, 5) is 26.6. The van der Waals surface area contributed by atoms with Gasteiger partial charge in [-0.05, 0) is 69.9 Å². The molecule has 38 heavy (non-hydrogen) atoms. The molecule has 2 aromatic rings. The number of alkyl halides is 3. The van der Waals surface area contributed by atoms with Crippen molar-refractivity contribution in [2.75, 3.05) is 31.6 Å². The Morgan fingerprint density at radius 1 is 1.11 bits per heavy atom. The average molecular weight is 538 g/mol. The second-order valence-corrected chi connectivity index (χ2v) is 10.1. The third-order valence-electron chi connectivity index (χ3n) is 5.76. The Balaban J connectivity index is 1.74. The van der Waals surface area contributed by atoms with Gasteiger partial charge in [0, 0.05) is 12.6 Å². The number of benzene rings is 2. The molecule has 1 aliphatic heterocycles. The van der Waals surface area contributed by atoms with Gasteiger partial charge in [0.25, 0.3) is 5.91 Å². The number of hydrogen-bond acceptors (Lipinski definition) is 6. The van der Waals surface area contributed by atoms with Gasteiger partial charge in [-0.15, -0.1) is 0 Å². The van der Waals surface area contributed by atoms with Gasteiger partial charge < -0.3 is 30.2 Å². The van der Waals surface area contributed by atoms with E-state index >= 15 is 0 Å². The van der Waals surface area contributed by atoms with Crippen LogP contribution in [0.3, 0.4) is 0 Å². The molecule has 1 atom stereocenters. The number of fused-ring (bicyclic) bond motifs is 1. The van der Waals surface area contributed by atoms with E-state index < -0.39 is 30.4 Å². The van der Waals surface area contributed by atoms with Gasteiger partial charge in [-0.25, -0.2) is 4.79 Å². The molecule has 0 aliphatic carbocycles. The monoisotopic (exact) mass is 537 g/mol. The molecular formula is C27H34F3N3O5. The van der Waals surface area contributed by atoms with Gasteiger partial charge in [0.1, 0.15) is 12.2 Å². The molecule has 0 saturated heterocycles. The number of nitrogens with one attached hydrogen (secondary N) is 1. The molecule has 3 rings (SSSR count). The molecule has 0 aromatic heterocycles. The van der Waals surface area contributed by atoms with Gasteiger partial charge in [-0.3, -0.25) is 4.79 Å². The predicted octanol–water partition coefficient (Wildman–Crippen LogP) is 4.94. The molecular weight excluding hydrogens is 503 g/mol. The fraction of sp³-hybridized carbons (Fsp3) is 0.481. The van der Waals surface area contributed by atoms with Crippen LogP contribution in [-0.2, 0) is 17.6 Å². The number of nitrogens with two attached hydrogens (primary N) is 1. The fourth-order valence-electron chi connectivity index (χ4n) is 4.17. The number of para-hydroxylation sites is 2. The average Bonchev–Trinajstić information content (AvgIpc) is 3.27. The molecule has 3 N–H and O–H groups in total. The fourth-order valence-corrected chi connectivity index (χ4v) is 4.17. The van der Waals surface area contributed by atoms with E-state index in [1.54, 1.807) is 39.0 Å². The van der Waals surface area contributed by atoms with Crippen molar-refractivity contribution in [2.45, 2.75) is 58.4 Å². The summed E-state index contributed by atoms with van der Waals surface area (Å²) < 4.78 is 54.0. The Morgan fingerprint density at radius 2 is 1.76 bits per heavy atom. The van der Waals surface area contributed by atoms with Crippen LogP contribution in [-0.4, -0.2) is 61.0 Å². The molecule has 0 spiro atoms. The summed E-state index contributed by atoms with van der Waals surface area (Å²) in [5.41, 5.74) is 7.83. The summed E-state index contributed by atoms with van der Waals surface area (Å²) in [6.07, 6.45) is -3.87. The topological polar surface area (TPSA) is 103 Å². The van der Waals surface area contributed by atoms with Crippen LogP contribution in [0.4, 0.5) is 23.7 Å². The molecule has 1 heterocycles. The Labute approximate surface area is 220 Å². The van der Waals surface area contributed by atoms with E-state index in [4.69, 9.17) is 19.9 Å². The Hall–Kier alpha value is -3.63. The zero-order valence-electron chi connectivity index (χ0n) is 22.0. The summed E-state index contributed by atoms with van der Waals surface area (Å²) in [6, 6.07) is 9.40. The van der Waals surface area contributed by atoms with Crippen LogP contribution in [0.1, 0.15) is 49.2 Å². The van der Waals surface area contributed by atoms with E-state index in [1.165, 1.54) is 17.0 Å². The zero-order valence-corrected chi connectivity index (χ0v) is 22.0. The predicted molar refractivity (Wildman–Crippen MR) is 137 cm³/mol.